The third-order valence-electron chi connectivity index (χ3n) is 4.29. The second kappa shape index (κ2) is 3.74. The highest BCUT2D eigenvalue weighted by molar-refractivity contribution is 5.15. The maximum absolute atomic E-state index is 13.8. The van der Waals surface area contributed by atoms with E-state index in [1.807, 2.05) is 6.07 Å². The molecule has 96 valence electrons. The first-order valence-corrected chi connectivity index (χ1v) is 6.21. The standard InChI is InChI=1S/C12H14F2N4/c13-12(14)4-3-9-6-11(9,12)8-18-7-10(16-17-18)2-1-5-15/h7,9H,1-4,6,8H2/t9-,11-/m1/s1. The number of alkyl halides is 2. The van der Waals surface area contributed by atoms with E-state index in [1.165, 1.54) is 4.68 Å². The first-order valence-electron chi connectivity index (χ1n) is 6.21. The van der Waals surface area contributed by atoms with Gasteiger partial charge in [-0.05, 0) is 18.8 Å². The monoisotopic (exact) mass is 252 g/mol. The highest BCUT2D eigenvalue weighted by atomic mass is 19.3. The van der Waals surface area contributed by atoms with Crippen LogP contribution >= 0.6 is 0 Å². The van der Waals surface area contributed by atoms with Crippen LogP contribution in [-0.4, -0.2) is 20.9 Å². The van der Waals surface area contributed by atoms with E-state index in [2.05, 4.69) is 10.3 Å². The smallest absolute Gasteiger partial charge is 0.251 e. The number of rotatable bonds is 4. The summed E-state index contributed by atoms with van der Waals surface area (Å²) in [4.78, 5) is 0. The summed E-state index contributed by atoms with van der Waals surface area (Å²) in [5.74, 6) is -2.41. The van der Waals surface area contributed by atoms with Crippen LogP contribution in [0.4, 0.5) is 8.78 Å². The van der Waals surface area contributed by atoms with Crippen LogP contribution < -0.4 is 0 Å². The number of nitrogens with zero attached hydrogens (tertiary/aromatic N) is 4. The summed E-state index contributed by atoms with van der Waals surface area (Å²) in [7, 11) is 0. The lowest BCUT2D eigenvalue weighted by Crippen LogP contribution is -2.31. The zero-order valence-electron chi connectivity index (χ0n) is 9.94. The van der Waals surface area contributed by atoms with E-state index in [9.17, 15) is 8.78 Å². The van der Waals surface area contributed by atoms with Crippen molar-refractivity contribution in [3.63, 3.8) is 0 Å². The van der Waals surface area contributed by atoms with E-state index >= 15 is 0 Å². The van der Waals surface area contributed by atoms with Crippen molar-refractivity contribution in [3.05, 3.63) is 11.9 Å². The van der Waals surface area contributed by atoms with E-state index < -0.39 is 11.3 Å². The van der Waals surface area contributed by atoms with Crippen LogP contribution in [0.1, 0.15) is 31.4 Å². The van der Waals surface area contributed by atoms with Crippen LogP contribution in [0, 0.1) is 22.7 Å². The van der Waals surface area contributed by atoms with Gasteiger partial charge in [-0.2, -0.15) is 5.26 Å². The van der Waals surface area contributed by atoms with Gasteiger partial charge in [-0.3, -0.25) is 4.68 Å². The van der Waals surface area contributed by atoms with Crippen LogP contribution in [0.5, 0.6) is 0 Å². The van der Waals surface area contributed by atoms with Gasteiger partial charge < -0.3 is 0 Å². The number of hydrogen-bond acceptors (Lipinski definition) is 3. The van der Waals surface area contributed by atoms with Gasteiger partial charge in [-0.25, -0.2) is 8.78 Å². The van der Waals surface area contributed by atoms with Crippen LogP contribution in [0.3, 0.4) is 0 Å². The Bertz CT molecular complexity index is 504. The molecule has 0 amide bonds. The van der Waals surface area contributed by atoms with Crippen molar-refractivity contribution in [1.29, 1.82) is 5.26 Å². The van der Waals surface area contributed by atoms with E-state index in [0.29, 0.717) is 31.4 Å². The lowest BCUT2D eigenvalue weighted by Gasteiger charge is -2.22. The van der Waals surface area contributed by atoms with E-state index in [1.54, 1.807) is 6.20 Å². The molecule has 1 aromatic rings. The normalized spacial score (nSPS) is 31.9. The van der Waals surface area contributed by atoms with Crippen LogP contribution in [0.15, 0.2) is 6.20 Å². The highest BCUT2D eigenvalue weighted by Gasteiger charge is 2.73. The van der Waals surface area contributed by atoms with Gasteiger partial charge in [0, 0.05) is 25.5 Å². The fourth-order valence-electron chi connectivity index (χ4n) is 3.12. The van der Waals surface area contributed by atoms with Crippen molar-refractivity contribution in [2.45, 2.75) is 44.6 Å². The molecule has 4 nitrogen and oxygen atoms in total. The molecule has 3 rings (SSSR count). The fourth-order valence-corrected chi connectivity index (χ4v) is 3.12. The first kappa shape index (κ1) is 11.6. The third-order valence-corrected chi connectivity index (χ3v) is 4.29. The zero-order chi connectivity index (χ0) is 12.8. The van der Waals surface area contributed by atoms with Crippen molar-refractivity contribution in [3.8, 4) is 6.07 Å². The lowest BCUT2D eigenvalue weighted by molar-refractivity contribution is -0.0699. The number of halogens is 2. The minimum atomic E-state index is -2.56. The molecular formula is C12H14F2N4. The Morgan fingerprint density at radius 1 is 1.56 bits per heavy atom. The van der Waals surface area contributed by atoms with E-state index in [-0.39, 0.29) is 18.9 Å². The molecular weight excluding hydrogens is 238 g/mol. The van der Waals surface area contributed by atoms with Crippen LogP contribution in [0.25, 0.3) is 0 Å². The van der Waals surface area contributed by atoms with Crippen molar-refractivity contribution in [1.82, 2.24) is 15.0 Å². The molecule has 18 heavy (non-hydrogen) atoms. The topological polar surface area (TPSA) is 54.5 Å². The van der Waals surface area contributed by atoms with Gasteiger partial charge in [0.25, 0.3) is 5.92 Å². The van der Waals surface area contributed by atoms with Crippen molar-refractivity contribution in [2.75, 3.05) is 0 Å². The number of aryl methyl sites for hydroxylation is 1. The Hall–Kier alpha value is -1.51. The average Bonchev–Trinajstić information content (AvgIpc) is 2.76. The molecule has 0 N–H and O–H groups in total. The minimum absolute atomic E-state index is 0.00759. The molecule has 0 bridgehead atoms. The summed E-state index contributed by atoms with van der Waals surface area (Å²) >= 11 is 0. The third kappa shape index (κ3) is 1.61. The van der Waals surface area contributed by atoms with Crippen molar-refractivity contribution in [2.24, 2.45) is 11.3 Å². The summed E-state index contributed by atoms with van der Waals surface area (Å²) in [6.45, 7) is 0.254. The number of nitriles is 1. The van der Waals surface area contributed by atoms with E-state index in [0.717, 1.165) is 0 Å². The van der Waals surface area contributed by atoms with Crippen molar-refractivity contribution < 1.29 is 8.78 Å². The summed E-state index contributed by atoms with van der Waals surface area (Å²) in [5.41, 5.74) is -0.167. The average molecular weight is 252 g/mol. The van der Waals surface area contributed by atoms with Crippen LogP contribution in [-0.2, 0) is 13.0 Å². The lowest BCUT2D eigenvalue weighted by atomic mass is 10.00. The van der Waals surface area contributed by atoms with Gasteiger partial charge >= 0.3 is 0 Å². The molecule has 6 heteroatoms. The van der Waals surface area contributed by atoms with Gasteiger partial charge in [-0.15, -0.1) is 5.10 Å². The molecule has 2 aliphatic rings. The van der Waals surface area contributed by atoms with Gasteiger partial charge in [0.05, 0.1) is 23.7 Å². The molecule has 0 saturated heterocycles. The minimum Gasteiger partial charge on any atom is -0.251 e. The Morgan fingerprint density at radius 3 is 3.00 bits per heavy atom. The predicted molar refractivity (Wildman–Crippen MR) is 58.7 cm³/mol. The highest BCUT2D eigenvalue weighted by Crippen LogP contribution is 2.71. The largest absolute Gasteiger partial charge is 0.255 e. The Kier molecular flexibility index (Phi) is 2.40. The number of aromatic nitrogens is 3. The molecule has 2 fully saturated rings. The SMILES string of the molecule is N#CCCc1cn(C[C@]23C[C@H]2CCC3(F)F)nn1. The Labute approximate surface area is 104 Å². The molecule has 0 spiro atoms. The Balaban J connectivity index is 1.71. The molecule has 0 radical (unpaired) electrons. The van der Waals surface area contributed by atoms with Crippen molar-refractivity contribution >= 4 is 0 Å². The first-order chi connectivity index (χ1) is 8.57. The van der Waals surface area contributed by atoms with Gasteiger partial charge in [-0.1, -0.05) is 5.21 Å². The Morgan fingerprint density at radius 2 is 2.39 bits per heavy atom. The molecule has 2 aliphatic carbocycles. The summed E-state index contributed by atoms with van der Waals surface area (Å²) < 4.78 is 29.2. The molecule has 0 aromatic carbocycles. The zero-order valence-corrected chi connectivity index (χ0v) is 9.94. The van der Waals surface area contributed by atoms with Gasteiger partial charge in [0.15, 0.2) is 0 Å². The second-order valence-corrected chi connectivity index (χ2v) is 5.37. The molecule has 1 aromatic heterocycles. The molecule has 1 heterocycles. The summed E-state index contributed by atoms with van der Waals surface area (Å²) in [6.07, 6.45) is 3.84. The van der Waals surface area contributed by atoms with Crippen LogP contribution in [0.2, 0.25) is 0 Å². The predicted octanol–water partition coefficient (Wildman–Crippen LogP) is 2.17. The molecule has 2 atom stereocenters. The summed E-state index contributed by atoms with van der Waals surface area (Å²) in [6, 6.07) is 2.03. The second-order valence-electron chi connectivity index (χ2n) is 5.37. The van der Waals surface area contributed by atoms with E-state index in [4.69, 9.17) is 5.26 Å². The molecule has 2 saturated carbocycles. The summed E-state index contributed by atoms with van der Waals surface area (Å²) in [5, 5.41) is 16.3. The maximum atomic E-state index is 13.8. The molecule has 0 unspecified atom stereocenters. The molecule has 0 aliphatic heterocycles. The maximum Gasteiger partial charge on any atom is 0.255 e. The quantitative estimate of drug-likeness (QED) is 0.825. The van der Waals surface area contributed by atoms with Gasteiger partial charge in [0.2, 0.25) is 0 Å². The number of hydrogen-bond donors (Lipinski definition) is 0. The van der Waals surface area contributed by atoms with Gasteiger partial charge in [0.1, 0.15) is 0 Å². The number of fused-ring (bicyclic) bond motifs is 1. The fraction of sp³-hybridized carbons (Fsp3) is 0.750.